The Hall–Kier alpha value is -1.08. The van der Waals surface area contributed by atoms with Gasteiger partial charge < -0.3 is 5.73 Å². The van der Waals surface area contributed by atoms with Crippen molar-refractivity contribution in [2.45, 2.75) is 18.8 Å². The highest BCUT2D eigenvalue weighted by Crippen LogP contribution is 2.48. The Labute approximate surface area is 85.6 Å². The second-order valence-electron chi connectivity index (χ2n) is 3.92. The average Bonchev–Trinajstić information content (AvgIpc) is 2.99. The third-order valence-corrected chi connectivity index (χ3v) is 2.78. The minimum atomic E-state index is 0.763. The maximum Gasteiger partial charge on any atom is -0.00426 e. The molecule has 2 N–H and O–H groups in total. The normalized spacial score (nSPS) is 25.5. The lowest BCUT2D eigenvalue weighted by Crippen LogP contribution is -1.95. The number of allylic oxidation sites excluding steroid dienone is 1. The molecule has 14 heavy (non-hydrogen) atoms. The molecule has 1 nitrogen and oxygen atoms in total. The first kappa shape index (κ1) is 9.47. The van der Waals surface area contributed by atoms with Crippen molar-refractivity contribution in [3.8, 4) is 0 Å². The molecule has 0 aliphatic heterocycles. The number of hydrogen-bond donors (Lipinski definition) is 1. The molecule has 0 amide bonds. The molecule has 2 unspecified atom stereocenters. The van der Waals surface area contributed by atoms with Crippen molar-refractivity contribution in [3.05, 3.63) is 48.0 Å². The van der Waals surface area contributed by atoms with Gasteiger partial charge in [-0.1, -0.05) is 42.5 Å². The van der Waals surface area contributed by atoms with Crippen LogP contribution in [-0.2, 0) is 0 Å². The van der Waals surface area contributed by atoms with Crippen LogP contribution in [0.5, 0.6) is 0 Å². The summed E-state index contributed by atoms with van der Waals surface area (Å²) in [5.74, 6) is 1.54. The van der Waals surface area contributed by atoms with E-state index in [9.17, 15) is 0 Å². The van der Waals surface area contributed by atoms with Crippen LogP contribution in [0.2, 0.25) is 0 Å². The summed E-state index contributed by atoms with van der Waals surface area (Å²) in [7, 11) is 0. The maximum atomic E-state index is 5.43. The molecular weight excluding hydrogens is 170 g/mol. The molecule has 0 radical (unpaired) electrons. The highest BCUT2D eigenvalue weighted by atomic mass is 14.5. The van der Waals surface area contributed by atoms with Gasteiger partial charge in [0.25, 0.3) is 0 Å². The van der Waals surface area contributed by atoms with Gasteiger partial charge in [-0.3, -0.25) is 0 Å². The minimum Gasteiger partial charge on any atom is -0.330 e. The fourth-order valence-electron chi connectivity index (χ4n) is 1.88. The summed E-state index contributed by atoms with van der Waals surface area (Å²) < 4.78 is 0. The Morgan fingerprint density at radius 3 is 2.79 bits per heavy atom. The smallest absolute Gasteiger partial charge is 0.00426 e. The maximum absolute atomic E-state index is 5.43. The van der Waals surface area contributed by atoms with E-state index in [1.807, 2.05) is 0 Å². The van der Waals surface area contributed by atoms with Gasteiger partial charge >= 0.3 is 0 Å². The first-order valence-corrected chi connectivity index (χ1v) is 5.33. The zero-order valence-electron chi connectivity index (χ0n) is 8.39. The van der Waals surface area contributed by atoms with Gasteiger partial charge in [-0.15, -0.1) is 0 Å². The second-order valence-corrected chi connectivity index (χ2v) is 3.92. The fourth-order valence-corrected chi connectivity index (χ4v) is 1.88. The van der Waals surface area contributed by atoms with Crippen LogP contribution in [0.25, 0.3) is 0 Å². The molecule has 74 valence electrons. The summed E-state index contributed by atoms with van der Waals surface area (Å²) in [6, 6.07) is 10.8. The molecule has 1 saturated carbocycles. The van der Waals surface area contributed by atoms with E-state index in [-0.39, 0.29) is 0 Å². The Morgan fingerprint density at radius 2 is 2.07 bits per heavy atom. The molecule has 1 heteroatoms. The predicted octanol–water partition coefficient (Wildman–Crippen LogP) is 2.70. The SMILES string of the molecule is NCC/C=C/C1CC1c1ccccc1. The van der Waals surface area contributed by atoms with Gasteiger partial charge in [0.1, 0.15) is 0 Å². The Morgan fingerprint density at radius 1 is 1.29 bits per heavy atom. The summed E-state index contributed by atoms with van der Waals surface area (Å²) in [4.78, 5) is 0. The van der Waals surface area contributed by atoms with Crippen molar-refractivity contribution in [2.24, 2.45) is 11.7 Å². The van der Waals surface area contributed by atoms with Crippen LogP contribution < -0.4 is 5.73 Å². The molecule has 1 fully saturated rings. The topological polar surface area (TPSA) is 26.0 Å². The molecule has 1 aromatic carbocycles. The Balaban J connectivity index is 1.87. The Kier molecular flexibility index (Phi) is 3.00. The number of rotatable bonds is 4. The fraction of sp³-hybridized carbons (Fsp3) is 0.385. The molecular formula is C13H17N. The Bertz CT molecular complexity index is 302. The van der Waals surface area contributed by atoms with Gasteiger partial charge in [0.15, 0.2) is 0 Å². The van der Waals surface area contributed by atoms with E-state index in [1.54, 1.807) is 0 Å². The summed E-state index contributed by atoms with van der Waals surface area (Å²) in [5, 5.41) is 0. The van der Waals surface area contributed by atoms with Crippen molar-refractivity contribution in [1.82, 2.24) is 0 Å². The first-order valence-electron chi connectivity index (χ1n) is 5.33. The minimum absolute atomic E-state index is 0.763. The van der Waals surface area contributed by atoms with E-state index in [2.05, 4.69) is 42.5 Å². The molecule has 1 aromatic rings. The summed E-state index contributed by atoms with van der Waals surface area (Å²) in [6.45, 7) is 0.763. The van der Waals surface area contributed by atoms with Crippen LogP contribution in [0.1, 0.15) is 24.3 Å². The zero-order valence-corrected chi connectivity index (χ0v) is 8.39. The lowest BCUT2D eigenvalue weighted by Gasteiger charge is -1.95. The van der Waals surface area contributed by atoms with E-state index in [0.717, 1.165) is 24.8 Å². The van der Waals surface area contributed by atoms with Crippen LogP contribution in [-0.4, -0.2) is 6.54 Å². The quantitative estimate of drug-likeness (QED) is 0.721. The van der Waals surface area contributed by atoms with E-state index < -0.39 is 0 Å². The molecule has 2 rings (SSSR count). The highest BCUT2D eigenvalue weighted by Gasteiger charge is 2.35. The number of nitrogens with two attached hydrogens (primary N) is 1. The van der Waals surface area contributed by atoms with Gasteiger partial charge in [-0.05, 0) is 36.8 Å². The molecule has 0 aromatic heterocycles. The zero-order chi connectivity index (χ0) is 9.80. The van der Waals surface area contributed by atoms with Crippen LogP contribution in [0.4, 0.5) is 0 Å². The van der Waals surface area contributed by atoms with Crippen molar-refractivity contribution >= 4 is 0 Å². The van der Waals surface area contributed by atoms with E-state index in [1.165, 1.54) is 12.0 Å². The van der Waals surface area contributed by atoms with Crippen LogP contribution in [0, 0.1) is 5.92 Å². The van der Waals surface area contributed by atoms with Gasteiger partial charge in [-0.2, -0.15) is 0 Å². The molecule has 0 spiro atoms. The molecule has 0 bridgehead atoms. The van der Waals surface area contributed by atoms with Gasteiger partial charge in [0, 0.05) is 0 Å². The molecule has 1 aliphatic rings. The summed E-state index contributed by atoms with van der Waals surface area (Å²) >= 11 is 0. The first-order chi connectivity index (χ1) is 6.92. The summed E-state index contributed by atoms with van der Waals surface area (Å²) in [5.41, 5.74) is 6.91. The molecule has 0 heterocycles. The third kappa shape index (κ3) is 2.24. The second kappa shape index (κ2) is 4.43. The third-order valence-electron chi connectivity index (χ3n) is 2.78. The highest BCUT2D eigenvalue weighted by molar-refractivity contribution is 5.28. The summed E-state index contributed by atoms with van der Waals surface area (Å²) in [6.07, 6.45) is 6.86. The van der Waals surface area contributed by atoms with Crippen LogP contribution in [0.15, 0.2) is 42.5 Å². The van der Waals surface area contributed by atoms with Crippen molar-refractivity contribution in [2.75, 3.05) is 6.54 Å². The van der Waals surface area contributed by atoms with E-state index in [0.29, 0.717) is 0 Å². The predicted molar refractivity (Wildman–Crippen MR) is 60.1 cm³/mol. The number of hydrogen-bond acceptors (Lipinski definition) is 1. The van der Waals surface area contributed by atoms with Gasteiger partial charge in [0.2, 0.25) is 0 Å². The monoisotopic (exact) mass is 187 g/mol. The average molecular weight is 187 g/mol. The lowest BCUT2D eigenvalue weighted by molar-refractivity contribution is 0.967. The molecule has 0 saturated heterocycles. The van der Waals surface area contributed by atoms with Crippen molar-refractivity contribution in [1.29, 1.82) is 0 Å². The van der Waals surface area contributed by atoms with E-state index in [4.69, 9.17) is 5.73 Å². The van der Waals surface area contributed by atoms with Crippen molar-refractivity contribution in [3.63, 3.8) is 0 Å². The molecule has 2 atom stereocenters. The van der Waals surface area contributed by atoms with Crippen molar-refractivity contribution < 1.29 is 0 Å². The lowest BCUT2D eigenvalue weighted by atomic mass is 10.1. The van der Waals surface area contributed by atoms with Crippen LogP contribution in [0.3, 0.4) is 0 Å². The van der Waals surface area contributed by atoms with E-state index >= 15 is 0 Å². The largest absolute Gasteiger partial charge is 0.330 e. The van der Waals surface area contributed by atoms with Gasteiger partial charge in [0.05, 0.1) is 0 Å². The molecule has 1 aliphatic carbocycles. The standard InChI is InChI=1S/C13H17N/c14-9-5-4-8-12-10-13(12)11-6-2-1-3-7-11/h1-4,6-8,12-13H,5,9-10,14H2/b8-4+. The van der Waals surface area contributed by atoms with Crippen LogP contribution >= 0.6 is 0 Å². The number of benzene rings is 1. The van der Waals surface area contributed by atoms with Gasteiger partial charge in [-0.25, -0.2) is 0 Å².